The second-order valence-corrected chi connectivity index (χ2v) is 6.53. The van der Waals surface area contributed by atoms with Gasteiger partial charge < -0.3 is 15.3 Å². The SMILES string of the molecule is CC(C)C[C@H](NC(=O)[C@@H]1CC(=O)N(Cc2ccccn2)C1)C(=O)O. The maximum atomic E-state index is 12.3. The van der Waals surface area contributed by atoms with Crippen LogP contribution in [0.4, 0.5) is 0 Å². The van der Waals surface area contributed by atoms with Gasteiger partial charge >= 0.3 is 5.97 Å². The molecule has 0 bridgehead atoms. The molecule has 0 aromatic carbocycles. The summed E-state index contributed by atoms with van der Waals surface area (Å²) in [6.45, 7) is 4.44. The molecule has 130 valence electrons. The van der Waals surface area contributed by atoms with E-state index in [1.165, 1.54) is 0 Å². The second kappa shape index (κ2) is 7.90. The fraction of sp³-hybridized carbons (Fsp3) is 0.529. The number of hydrogen-bond donors (Lipinski definition) is 2. The molecule has 7 heteroatoms. The van der Waals surface area contributed by atoms with E-state index in [4.69, 9.17) is 0 Å². The molecule has 0 spiro atoms. The number of nitrogens with zero attached hydrogens (tertiary/aromatic N) is 2. The number of carbonyl (C=O) groups excluding carboxylic acids is 2. The molecule has 0 saturated carbocycles. The number of hydrogen-bond acceptors (Lipinski definition) is 4. The number of carboxylic acid groups (broad SMARTS) is 1. The standard InChI is InChI=1S/C17H23N3O4/c1-11(2)7-14(17(23)24)19-16(22)12-8-15(21)20(9-12)10-13-5-3-4-6-18-13/h3-6,11-12,14H,7-10H2,1-2H3,(H,19,22)(H,23,24)/t12-,14+/m1/s1. The Morgan fingerprint density at radius 3 is 2.75 bits per heavy atom. The van der Waals surface area contributed by atoms with Gasteiger partial charge in [-0.2, -0.15) is 0 Å². The van der Waals surface area contributed by atoms with Crippen LogP contribution in [0.25, 0.3) is 0 Å². The van der Waals surface area contributed by atoms with Gasteiger partial charge in [-0.1, -0.05) is 19.9 Å². The first kappa shape index (κ1) is 17.9. The zero-order chi connectivity index (χ0) is 17.7. The highest BCUT2D eigenvalue weighted by Gasteiger charge is 2.36. The predicted octanol–water partition coefficient (Wildman–Crippen LogP) is 1.05. The Hall–Kier alpha value is -2.44. The van der Waals surface area contributed by atoms with Gasteiger partial charge in [0.15, 0.2) is 0 Å². The Bertz CT molecular complexity index is 603. The van der Waals surface area contributed by atoms with Crippen LogP contribution in [0.15, 0.2) is 24.4 Å². The fourth-order valence-corrected chi connectivity index (χ4v) is 2.77. The van der Waals surface area contributed by atoms with E-state index in [0.717, 1.165) is 5.69 Å². The third-order valence-corrected chi connectivity index (χ3v) is 3.99. The maximum Gasteiger partial charge on any atom is 0.326 e. The van der Waals surface area contributed by atoms with Gasteiger partial charge in [0, 0.05) is 19.2 Å². The largest absolute Gasteiger partial charge is 0.480 e. The fourth-order valence-electron chi connectivity index (χ4n) is 2.77. The van der Waals surface area contributed by atoms with E-state index in [-0.39, 0.29) is 30.7 Å². The molecule has 2 rings (SSSR count). The minimum Gasteiger partial charge on any atom is -0.480 e. The number of aromatic nitrogens is 1. The van der Waals surface area contributed by atoms with Crippen molar-refractivity contribution in [2.75, 3.05) is 6.54 Å². The molecule has 2 amide bonds. The Morgan fingerprint density at radius 2 is 2.17 bits per heavy atom. The molecule has 2 heterocycles. The van der Waals surface area contributed by atoms with Gasteiger partial charge in [0.1, 0.15) is 6.04 Å². The van der Waals surface area contributed by atoms with Crippen molar-refractivity contribution in [1.82, 2.24) is 15.2 Å². The molecule has 7 nitrogen and oxygen atoms in total. The lowest BCUT2D eigenvalue weighted by Crippen LogP contribution is -2.44. The van der Waals surface area contributed by atoms with Crippen LogP contribution in [0, 0.1) is 11.8 Å². The van der Waals surface area contributed by atoms with Crippen LogP contribution in [0.2, 0.25) is 0 Å². The van der Waals surface area contributed by atoms with Crippen LogP contribution < -0.4 is 5.32 Å². The summed E-state index contributed by atoms with van der Waals surface area (Å²) in [4.78, 5) is 41.4. The van der Waals surface area contributed by atoms with Gasteiger partial charge in [0.2, 0.25) is 11.8 Å². The molecule has 24 heavy (non-hydrogen) atoms. The number of amides is 2. The molecule has 1 aliphatic rings. The minimum absolute atomic E-state index is 0.104. The first-order valence-corrected chi connectivity index (χ1v) is 8.07. The summed E-state index contributed by atoms with van der Waals surface area (Å²) >= 11 is 0. The zero-order valence-corrected chi connectivity index (χ0v) is 13.9. The Balaban J connectivity index is 1.94. The normalized spacial score (nSPS) is 18.7. The van der Waals surface area contributed by atoms with E-state index >= 15 is 0 Å². The molecule has 2 N–H and O–H groups in total. The molecule has 1 aromatic heterocycles. The Kier molecular flexibility index (Phi) is 5.89. The number of likely N-dealkylation sites (tertiary alicyclic amines) is 1. The Labute approximate surface area is 141 Å². The molecule has 0 radical (unpaired) electrons. The van der Waals surface area contributed by atoms with Crippen molar-refractivity contribution in [1.29, 1.82) is 0 Å². The number of rotatable bonds is 7. The average Bonchev–Trinajstić information content (AvgIpc) is 2.88. The summed E-state index contributed by atoms with van der Waals surface area (Å²) in [7, 11) is 0. The van der Waals surface area contributed by atoms with Crippen LogP contribution in [-0.4, -0.2) is 45.4 Å². The van der Waals surface area contributed by atoms with E-state index in [0.29, 0.717) is 13.0 Å². The third-order valence-electron chi connectivity index (χ3n) is 3.99. The molecular formula is C17H23N3O4. The van der Waals surface area contributed by atoms with Crippen molar-refractivity contribution in [3.8, 4) is 0 Å². The van der Waals surface area contributed by atoms with E-state index in [9.17, 15) is 19.5 Å². The van der Waals surface area contributed by atoms with Crippen molar-refractivity contribution in [3.05, 3.63) is 30.1 Å². The van der Waals surface area contributed by atoms with E-state index in [1.807, 2.05) is 26.0 Å². The predicted molar refractivity (Wildman–Crippen MR) is 86.8 cm³/mol. The van der Waals surface area contributed by atoms with Crippen LogP contribution in [0.5, 0.6) is 0 Å². The van der Waals surface area contributed by atoms with Crippen LogP contribution in [-0.2, 0) is 20.9 Å². The summed E-state index contributed by atoms with van der Waals surface area (Å²) in [6.07, 6.45) is 2.12. The summed E-state index contributed by atoms with van der Waals surface area (Å²) in [5.41, 5.74) is 0.759. The lowest BCUT2D eigenvalue weighted by atomic mass is 10.0. The van der Waals surface area contributed by atoms with E-state index < -0.39 is 17.9 Å². The van der Waals surface area contributed by atoms with Gasteiger partial charge in [-0.25, -0.2) is 4.79 Å². The van der Waals surface area contributed by atoms with Gasteiger partial charge in [-0.3, -0.25) is 14.6 Å². The monoisotopic (exact) mass is 333 g/mol. The Morgan fingerprint density at radius 1 is 1.42 bits per heavy atom. The zero-order valence-electron chi connectivity index (χ0n) is 13.9. The number of carboxylic acids is 1. The molecule has 2 atom stereocenters. The molecule has 0 unspecified atom stereocenters. The van der Waals surface area contributed by atoms with E-state index in [2.05, 4.69) is 10.3 Å². The highest BCUT2D eigenvalue weighted by molar-refractivity contribution is 5.91. The third kappa shape index (κ3) is 4.78. The highest BCUT2D eigenvalue weighted by atomic mass is 16.4. The average molecular weight is 333 g/mol. The van der Waals surface area contributed by atoms with Crippen molar-refractivity contribution < 1.29 is 19.5 Å². The highest BCUT2D eigenvalue weighted by Crippen LogP contribution is 2.20. The lowest BCUT2D eigenvalue weighted by molar-refractivity contribution is -0.142. The van der Waals surface area contributed by atoms with Crippen LogP contribution in [0.1, 0.15) is 32.4 Å². The van der Waals surface area contributed by atoms with E-state index in [1.54, 1.807) is 17.2 Å². The summed E-state index contributed by atoms with van der Waals surface area (Å²) < 4.78 is 0. The molecule has 1 aliphatic heterocycles. The number of pyridine rings is 1. The molecule has 1 saturated heterocycles. The summed E-state index contributed by atoms with van der Waals surface area (Å²) in [5.74, 6) is -1.91. The molecule has 1 aromatic rings. The van der Waals surface area contributed by atoms with Crippen LogP contribution in [0.3, 0.4) is 0 Å². The van der Waals surface area contributed by atoms with Gasteiger partial charge in [-0.15, -0.1) is 0 Å². The quantitative estimate of drug-likeness (QED) is 0.777. The van der Waals surface area contributed by atoms with Crippen molar-refractivity contribution in [3.63, 3.8) is 0 Å². The number of carbonyl (C=O) groups is 3. The molecule has 0 aliphatic carbocycles. The first-order chi connectivity index (χ1) is 11.4. The second-order valence-electron chi connectivity index (χ2n) is 6.53. The van der Waals surface area contributed by atoms with Gasteiger partial charge in [-0.05, 0) is 24.5 Å². The van der Waals surface area contributed by atoms with Crippen molar-refractivity contribution in [2.24, 2.45) is 11.8 Å². The van der Waals surface area contributed by atoms with Gasteiger partial charge in [0.25, 0.3) is 0 Å². The first-order valence-electron chi connectivity index (χ1n) is 8.07. The molecular weight excluding hydrogens is 310 g/mol. The number of nitrogens with one attached hydrogen (secondary N) is 1. The lowest BCUT2D eigenvalue weighted by Gasteiger charge is -2.19. The summed E-state index contributed by atoms with van der Waals surface area (Å²) in [5, 5.41) is 11.8. The summed E-state index contributed by atoms with van der Waals surface area (Å²) in [6, 6.07) is 4.55. The van der Waals surface area contributed by atoms with Gasteiger partial charge in [0.05, 0.1) is 18.2 Å². The van der Waals surface area contributed by atoms with Crippen molar-refractivity contribution in [2.45, 2.75) is 39.3 Å². The number of aliphatic carboxylic acids is 1. The smallest absolute Gasteiger partial charge is 0.326 e. The molecule has 1 fully saturated rings. The van der Waals surface area contributed by atoms with Crippen molar-refractivity contribution >= 4 is 17.8 Å². The topological polar surface area (TPSA) is 99.6 Å². The maximum absolute atomic E-state index is 12.3. The van der Waals surface area contributed by atoms with Crippen LogP contribution >= 0.6 is 0 Å². The minimum atomic E-state index is -1.05.